The molecule has 3 heterocycles. The molecule has 0 amide bonds. The van der Waals surface area contributed by atoms with Crippen molar-refractivity contribution in [3.8, 4) is 11.5 Å². The van der Waals surface area contributed by atoms with Crippen LogP contribution in [0.2, 0.25) is 0 Å². The Balaban J connectivity index is 1.55. The maximum Gasteiger partial charge on any atom is 0.306 e. The molecule has 3 aromatic rings. The number of benzene rings is 1. The van der Waals surface area contributed by atoms with Gasteiger partial charge in [-0.2, -0.15) is 0 Å². The van der Waals surface area contributed by atoms with E-state index in [9.17, 15) is 25.2 Å². The second-order valence-electron chi connectivity index (χ2n) is 7.54. The minimum absolute atomic E-state index is 0.0218. The van der Waals surface area contributed by atoms with E-state index in [0.29, 0.717) is 29.3 Å². The van der Waals surface area contributed by atoms with Crippen LogP contribution in [0.1, 0.15) is 18.2 Å². The molecule has 0 aliphatic carbocycles. The minimum atomic E-state index is -1.51. The number of aromatic nitrogens is 4. The first-order chi connectivity index (χ1) is 15.8. The third-order valence-corrected chi connectivity index (χ3v) is 5.38. The summed E-state index contributed by atoms with van der Waals surface area (Å²) < 4.78 is 12.1. The van der Waals surface area contributed by atoms with Crippen LogP contribution in [0.5, 0.6) is 11.5 Å². The molecule has 13 heteroatoms. The van der Waals surface area contributed by atoms with Gasteiger partial charge in [-0.1, -0.05) is 6.07 Å². The third-order valence-electron chi connectivity index (χ3n) is 5.38. The summed E-state index contributed by atoms with van der Waals surface area (Å²) in [5.41, 5.74) is 1.47. The van der Waals surface area contributed by atoms with Crippen molar-refractivity contribution in [2.45, 2.75) is 43.6 Å². The number of carboxylic acids is 1. The fourth-order valence-corrected chi connectivity index (χ4v) is 3.71. The lowest BCUT2D eigenvalue weighted by Gasteiger charge is -2.19. The van der Waals surface area contributed by atoms with E-state index in [2.05, 4.69) is 20.3 Å². The lowest BCUT2D eigenvalue weighted by atomic mass is 10.0. The molecular formula is C20H23N5O8. The van der Waals surface area contributed by atoms with E-state index in [0.717, 1.165) is 5.56 Å². The van der Waals surface area contributed by atoms with Crippen LogP contribution in [0, 0.1) is 0 Å². The highest BCUT2D eigenvalue weighted by atomic mass is 16.6. The van der Waals surface area contributed by atoms with Gasteiger partial charge < -0.3 is 40.3 Å². The molecule has 176 valence electrons. The van der Waals surface area contributed by atoms with Crippen LogP contribution in [0.4, 0.5) is 5.82 Å². The fraction of sp³-hybridized carbons (Fsp3) is 0.400. The van der Waals surface area contributed by atoms with E-state index in [-0.39, 0.29) is 5.75 Å². The van der Waals surface area contributed by atoms with Gasteiger partial charge in [0.2, 0.25) is 0 Å². The fourth-order valence-electron chi connectivity index (χ4n) is 3.71. The van der Waals surface area contributed by atoms with Gasteiger partial charge >= 0.3 is 5.97 Å². The molecular weight excluding hydrogens is 438 g/mol. The molecule has 0 spiro atoms. The van der Waals surface area contributed by atoms with Gasteiger partial charge in [-0.25, -0.2) is 15.0 Å². The zero-order chi connectivity index (χ0) is 23.7. The summed E-state index contributed by atoms with van der Waals surface area (Å²) in [7, 11) is 1.45. The molecule has 1 fully saturated rings. The van der Waals surface area contributed by atoms with Gasteiger partial charge in [-0.05, 0) is 17.7 Å². The molecule has 0 saturated carbocycles. The van der Waals surface area contributed by atoms with Crippen molar-refractivity contribution in [2.24, 2.45) is 0 Å². The number of phenols is 1. The summed E-state index contributed by atoms with van der Waals surface area (Å²) in [6.45, 7) is 0.334. The number of nitrogens with one attached hydrogen (secondary N) is 1. The van der Waals surface area contributed by atoms with E-state index >= 15 is 0 Å². The monoisotopic (exact) mass is 461 g/mol. The van der Waals surface area contributed by atoms with E-state index in [4.69, 9.17) is 14.6 Å². The Labute approximate surface area is 186 Å². The first kappa shape index (κ1) is 22.7. The van der Waals surface area contributed by atoms with Crippen LogP contribution in [0.15, 0.2) is 30.9 Å². The SMILES string of the molecule is COc1cc(CNc2ncnc3c2ncn3[C@@H]2O[C@H](C(O)CC(=O)O)[C@@H](O)[C@H]2O)ccc1O. The van der Waals surface area contributed by atoms with Crippen molar-refractivity contribution in [3.05, 3.63) is 36.4 Å². The van der Waals surface area contributed by atoms with E-state index in [1.165, 1.54) is 30.4 Å². The Morgan fingerprint density at radius 2 is 2.06 bits per heavy atom. The van der Waals surface area contributed by atoms with Crippen molar-refractivity contribution in [1.82, 2.24) is 19.5 Å². The number of phenolic OH excluding ortho intramolecular Hbond substituents is 1. The van der Waals surface area contributed by atoms with Crippen molar-refractivity contribution >= 4 is 23.0 Å². The molecule has 1 aliphatic rings. The van der Waals surface area contributed by atoms with Crippen LogP contribution < -0.4 is 10.1 Å². The number of fused-ring (bicyclic) bond motifs is 1. The molecule has 5 atom stereocenters. The first-order valence-electron chi connectivity index (χ1n) is 9.99. The Kier molecular flexibility index (Phi) is 6.29. The third kappa shape index (κ3) is 4.39. The van der Waals surface area contributed by atoms with Gasteiger partial charge in [0.25, 0.3) is 0 Å². The average Bonchev–Trinajstić information content (AvgIpc) is 3.34. The number of hydrogen-bond acceptors (Lipinski definition) is 11. The molecule has 0 radical (unpaired) electrons. The number of hydrogen-bond donors (Lipinski definition) is 6. The maximum atomic E-state index is 10.9. The van der Waals surface area contributed by atoms with Gasteiger partial charge in [-0.15, -0.1) is 0 Å². The number of aliphatic hydroxyl groups is 3. The first-order valence-corrected chi connectivity index (χ1v) is 9.99. The number of ether oxygens (including phenoxy) is 2. The standard InChI is InChI=1S/C20H23N5O8/c1-32-12-4-9(2-3-10(12)26)6-21-18-14-19(23-7-22-18)25(8-24-14)20-16(31)15(30)17(33-20)11(27)5-13(28)29/h2-4,7-8,11,15-17,20,26-27,30-31H,5-6H2,1H3,(H,28,29)(H,21,22,23)/t11?,15-,16+,17+,20+/m0/s1. The highest BCUT2D eigenvalue weighted by molar-refractivity contribution is 5.82. The number of methoxy groups -OCH3 is 1. The van der Waals surface area contributed by atoms with Crippen LogP contribution in [-0.2, 0) is 16.1 Å². The van der Waals surface area contributed by atoms with Gasteiger partial charge in [0.1, 0.15) is 24.6 Å². The number of carbonyl (C=O) groups is 1. The molecule has 2 aromatic heterocycles. The summed E-state index contributed by atoms with van der Waals surface area (Å²) in [5, 5.41) is 52.5. The number of carboxylic acid groups (broad SMARTS) is 1. The zero-order valence-corrected chi connectivity index (χ0v) is 17.4. The Morgan fingerprint density at radius 1 is 1.27 bits per heavy atom. The van der Waals surface area contributed by atoms with Gasteiger partial charge in [-0.3, -0.25) is 9.36 Å². The summed E-state index contributed by atoms with van der Waals surface area (Å²) >= 11 is 0. The molecule has 1 aliphatic heterocycles. The quantitative estimate of drug-likeness (QED) is 0.255. The van der Waals surface area contributed by atoms with Crippen molar-refractivity contribution in [2.75, 3.05) is 12.4 Å². The average molecular weight is 461 g/mol. The van der Waals surface area contributed by atoms with E-state index in [1.54, 1.807) is 12.1 Å². The number of rotatable bonds is 8. The van der Waals surface area contributed by atoms with E-state index in [1.807, 2.05) is 0 Å². The Bertz CT molecular complexity index is 1150. The smallest absolute Gasteiger partial charge is 0.306 e. The molecule has 6 N–H and O–H groups in total. The van der Waals surface area contributed by atoms with Crippen LogP contribution in [0.25, 0.3) is 11.2 Å². The molecule has 4 rings (SSSR count). The lowest BCUT2D eigenvalue weighted by molar-refractivity contribution is -0.144. The number of imidazole rings is 1. The topological polar surface area (TPSA) is 192 Å². The Hall–Kier alpha value is -3.52. The molecule has 33 heavy (non-hydrogen) atoms. The second kappa shape index (κ2) is 9.15. The zero-order valence-electron chi connectivity index (χ0n) is 17.4. The highest BCUT2D eigenvalue weighted by Crippen LogP contribution is 2.34. The largest absolute Gasteiger partial charge is 0.504 e. The lowest BCUT2D eigenvalue weighted by Crippen LogP contribution is -2.39. The summed E-state index contributed by atoms with van der Waals surface area (Å²) in [6.07, 6.45) is -4.94. The van der Waals surface area contributed by atoms with Crippen molar-refractivity contribution < 1.29 is 39.8 Å². The number of nitrogens with zero attached hydrogens (tertiary/aromatic N) is 4. The number of aliphatic carboxylic acids is 1. The van der Waals surface area contributed by atoms with Gasteiger partial charge in [0.05, 0.1) is 26.0 Å². The summed E-state index contributed by atoms with van der Waals surface area (Å²) in [5.74, 6) is -0.522. The molecule has 1 unspecified atom stereocenters. The predicted octanol–water partition coefficient (Wildman–Crippen LogP) is -0.393. The van der Waals surface area contributed by atoms with E-state index < -0.39 is 43.0 Å². The van der Waals surface area contributed by atoms with Gasteiger partial charge in [0.15, 0.2) is 34.7 Å². The van der Waals surface area contributed by atoms with Crippen LogP contribution >= 0.6 is 0 Å². The van der Waals surface area contributed by atoms with Crippen molar-refractivity contribution in [3.63, 3.8) is 0 Å². The van der Waals surface area contributed by atoms with Crippen LogP contribution in [0.3, 0.4) is 0 Å². The molecule has 1 saturated heterocycles. The highest BCUT2D eigenvalue weighted by Gasteiger charge is 2.47. The number of anilines is 1. The number of aliphatic hydroxyl groups excluding tert-OH is 3. The predicted molar refractivity (Wildman–Crippen MR) is 111 cm³/mol. The normalized spacial score (nSPS) is 23.5. The molecule has 13 nitrogen and oxygen atoms in total. The maximum absolute atomic E-state index is 10.9. The van der Waals surface area contributed by atoms with Crippen molar-refractivity contribution in [1.29, 1.82) is 0 Å². The molecule has 1 aromatic carbocycles. The minimum Gasteiger partial charge on any atom is -0.504 e. The molecule has 0 bridgehead atoms. The summed E-state index contributed by atoms with van der Waals surface area (Å²) in [4.78, 5) is 23.5. The second-order valence-corrected chi connectivity index (χ2v) is 7.54. The Morgan fingerprint density at radius 3 is 2.79 bits per heavy atom. The summed E-state index contributed by atoms with van der Waals surface area (Å²) in [6, 6.07) is 4.90. The number of aromatic hydroxyl groups is 1. The van der Waals surface area contributed by atoms with Gasteiger partial charge in [0, 0.05) is 6.54 Å². The van der Waals surface area contributed by atoms with Crippen LogP contribution in [-0.4, -0.2) is 82.5 Å².